The van der Waals surface area contributed by atoms with Gasteiger partial charge in [-0.3, -0.25) is 4.79 Å². The van der Waals surface area contributed by atoms with Crippen molar-refractivity contribution in [3.05, 3.63) is 53.5 Å². The van der Waals surface area contributed by atoms with Gasteiger partial charge in [0.15, 0.2) is 11.5 Å². The highest BCUT2D eigenvalue weighted by Crippen LogP contribution is 2.32. The summed E-state index contributed by atoms with van der Waals surface area (Å²) in [6, 6.07) is 8.97. The topological polar surface area (TPSA) is 84.5 Å². The van der Waals surface area contributed by atoms with E-state index >= 15 is 0 Å². The molecule has 6 nitrogen and oxygen atoms in total. The zero-order valence-electron chi connectivity index (χ0n) is 11.5. The maximum Gasteiger partial charge on any atom is 0.262 e. The molecule has 1 aromatic carbocycles. The van der Waals surface area contributed by atoms with Gasteiger partial charge in [0.25, 0.3) is 5.91 Å². The van der Waals surface area contributed by atoms with Crippen molar-refractivity contribution in [3.63, 3.8) is 0 Å². The number of nitriles is 1. The molecular weight excluding hydrogens is 284 g/mol. The average molecular weight is 296 g/mol. The first-order chi connectivity index (χ1) is 10.8. The van der Waals surface area contributed by atoms with Crippen LogP contribution in [0.15, 0.2) is 46.8 Å². The first-order valence-corrected chi connectivity index (χ1v) is 6.57. The van der Waals surface area contributed by atoms with Gasteiger partial charge in [-0.05, 0) is 29.8 Å². The van der Waals surface area contributed by atoms with E-state index in [4.69, 9.17) is 19.2 Å². The van der Waals surface area contributed by atoms with Gasteiger partial charge in [0, 0.05) is 12.1 Å². The Hall–Kier alpha value is -3.20. The molecule has 1 aromatic heterocycles. The summed E-state index contributed by atoms with van der Waals surface area (Å²) in [6.45, 7) is 0.497. The zero-order valence-corrected chi connectivity index (χ0v) is 11.5. The highest BCUT2D eigenvalue weighted by Gasteiger charge is 2.14. The number of nitrogens with zero attached hydrogens (tertiary/aromatic N) is 1. The summed E-state index contributed by atoms with van der Waals surface area (Å²) in [7, 11) is 0. The second-order valence-corrected chi connectivity index (χ2v) is 4.60. The molecule has 0 spiro atoms. The Labute approximate surface area is 126 Å². The molecule has 2 heterocycles. The molecule has 1 amide bonds. The van der Waals surface area contributed by atoms with Crippen LogP contribution in [0.3, 0.4) is 0 Å². The second-order valence-electron chi connectivity index (χ2n) is 4.60. The second kappa shape index (κ2) is 6.06. The van der Waals surface area contributed by atoms with Crippen molar-refractivity contribution in [1.29, 1.82) is 5.26 Å². The fraction of sp³-hybridized carbons (Fsp3) is 0.125. The number of rotatable bonds is 4. The molecule has 110 valence electrons. The van der Waals surface area contributed by atoms with Crippen LogP contribution in [-0.4, -0.2) is 12.7 Å². The quantitative estimate of drug-likeness (QED) is 0.691. The van der Waals surface area contributed by atoms with E-state index in [0.717, 1.165) is 5.56 Å². The predicted octanol–water partition coefficient (Wildman–Crippen LogP) is 2.23. The number of fused-ring (bicyclic) bond motifs is 1. The Morgan fingerprint density at radius 2 is 2.18 bits per heavy atom. The van der Waals surface area contributed by atoms with E-state index < -0.39 is 5.91 Å². The van der Waals surface area contributed by atoms with Gasteiger partial charge >= 0.3 is 0 Å². The summed E-state index contributed by atoms with van der Waals surface area (Å²) in [5, 5.41) is 11.8. The molecule has 2 aromatic rings. The Kier molecular flexibility index (Phi) is 3.79. The average Bonchev–Trinajstić information content (AvgIpc) is 3.20. The minimum atomic E-state index is -0.443. The van der Waals surface area contributed by atoms with Crippen LogP contribution in [0.4, 0.5) is 0 Å². The summed E-state index contributed by atoms with van der Waals surface area (Å²) in [5.41, 5.74) is 1.54. The van der Waals surface area contributed by atoms with Crippen LogP contribution >= 0.6 is 0 Å². The molecule has 0 radical (unpaired) electrons. The fourth-order valence-electron chi connectivity index (χ4n) is 2.00. The van der Waals surface area contributed by atoms with Crippen LogP contribution in [0.5, 0.6) is 11.5 Å². The molecule has 0 bridgehead atoms. The van der Waals surface area contributed by atoms with Gasteiger partial charge in [-0.2, -0.15) is 5.26 Å². The Bertz CT molecular complexity index is 757. The first-order valence-electron chi connectivity index (χ1n) is 6.57. The Morgan fingerprint density at radius 3 is 2.95 bits per heavy atom. The summed E-state index contributed by atoms with van der Waals surface area (Å²) in [6.07, 6.45) is 4.41. The normalized spacial score (nSPS) is 12.8. The number of hydrogen-bond acceptors (Lipinski definition) is 5. The maximum atomic E-state index is 12.0. The highest BCUT2D eigenvalue weighted by atomic mass is 16.7. The maximum absolute atomic E-state index is 12.0. The van der Waals surface area contributed by atoms with Gasteiger partial charge in [-0.1, -0.05) is 6.07 Å². The largest absolute Gasteiger partial charge is 0.472 e. The lowest BCUT2D eigenvalue weighted by Gasteiger charge is -2.05. The van der Waals surface area contributed by atoms with Gasteiger partial charge in [-0.25, -0.2) is 0 Å². The van der Waals surface area contributed by atoms with Crippen LogP contribution in [0.25, 0.3) is 6.08 Å². The lowest BCUT2D eigenvalue weighted by molar-refractivity contribution is -0.117. The molecule has 1 aliphatic heterocycles. The van der Waals surface area contributed by atoms with Crippen LogP contribution < -0.4 is 14.8 Å². The number of hydrogen-bond donors (Lipinski definition) is 1. The molecule has 0 saturated heterocycles. The number of carbonyl (C=O) groups excluding carboxylic acids is 1. The zero-order chi connectivity index (χ0) is 15.4. The molecule has 0 aliphatic carbocycles. The fourth-order valence-corrected chi connectivity index (χ4v) is 2.00. The third kappa shape index (κ3) is 2.94. The lowest BCUT2D eigenvalue weighted by Crippen LogP contribution is -2.23. The van der Waals surface area contributed by atoms with Crippen LogP contribution in [0, 0.1) is 11.3 Å². The van der Waals surface area contributed by atoms with Crippen LogP contribution in [0.1, 0.15) is 11.1 Å². The number of furan rings is 1. The van der Waals surface area contributed by atoms with E-state index in [1.54, 1.807) is 18.2 Å². The third-order valence-electron chi connectivity index (χ3n) is 3.11. The first kappa shape index (κ1) is 13.8. The molecule has 3 rings (SSSR count). The molecule has 1 aliphatic rings. The van der Waals surface area contributed by atoms with E-state index in [2.05, 4.69) is 5.32 Å². The molecule has 0 atom stereocenters. The monoisotopic (exact) mass is 296 g/mol. The SMILES string of the molecule is N#CC(=Cc1ccoc1)C(=O)NCc1ccc2c(c1)OCO2. The van der Waals surface area contributed by atoms with E-state index in [-0.39, 0.29) is 12.4 Å². The van der Waals surface area contributed by atoms with E-state index in [1.807, 2.05) is 12.1 Å². The Balaban J connectivity index is 1.65. The van der Waals surface area contributed by atoms with Crippen molar-refractivity contribution >= 4 is 12.0 Å². The van der Waals surface area contributed by atoms with Crippen molar-refractivity contribution in [2.75, 3.05) is 6.79 Å². The number of benzene rings is 1. The minimum Gasteiger partial charge on any atom is -0.472 e. The number of amides is 1. The van der Waals surface area contributed by atoms with Gasteiger partial charge in [0.05, 0.1) is 12.5 Å². The number of nitrogens with one attached hydrogen (secondary N) is 1. The lowest BCUT2D eigenvalue weighted by atomic mass is 10.1. The summed E-state index contributed by atoms with van der Waals surface area (Å²) in [4.78, 5) is 12.0. The van der Waals surface area contributed by atoms with Crippen LogP contribution in [0.2, 0.25) is 0 Å². The van der Waals surface area contributed by atoms with Gasteiger partial charge in [0.2, 0.25) is 6.79 Å². The van der Waals surface area contributed by atoms with Gasteiger partial charge in [-0.15, -0.1) is 0 Å². The predicted molar refractivity (Wildman–Crippen MR) is 76.7 cm³/mol. The van der Waals surface area contributed by atoms with Crippen molar-refractivity contribution in [3.8, 4) is 17.6 Å². The van der Waals surface area contributed by atoms with Crippen molar-refractivity contribution < 1.29 is 18.7 Å². The number of ether oxygens (including phenoxy) is 2. The third-order valence-corrected chi connectivity index (χ3v) is 3.11. The van der Waals surface area contributed by atoms with Crippen molar-refractivity contribution in [1.82, 2.24) is 5.32 Å². The number of carbonyl (C=O) groups is 1. The van der Waals surface area contributed by atoms with Crippen molar-refractivity contribution in [2.45, 2.75) is 6.54 Å². The van der Waals surface area contributed by atoms with Crippen LogP contribution in [-0.2, 0) is 11.3 Å². The molecular formula is C16H12N2O4. The molecule has 0 saturated carbocycles. The molecule has 0 unspecified atom stereocenters. The van der Waals surface area contributed by atoms with Gasteiger partial charge in [0.1, 0.15) is 11.6 Å². The smallest absolute Gasteiger partial charge is 0.262 e. The summed E-state index contributed by atoms with van der Waals surface area (Å²) >= 11 is 0. The van der Waals surface area contributed by atoms with E-state index in [1.165, 1.54) is 18.6 Å². The highest BCUT2D eigenvalue weighted by molar-refractivity contribution is 6.01. The molecule has 0 fully saturated rings. The van der Waals surface area contributed by atoms with Crippen molar-refractivity contribution in [2.24, 2.45) is 0 Å². The molecule has 22 heavy (non-hydrogen) atoms. The molecule has 6 heteroatoms. The summed E-state index contributed by atoms with van der Waals surface area (Å²) in [5.74, 6) is 0.898. The molecule has 1 N–H and O–H groups in total. The van der Waals surface area contributed by atoms with Gasteiger partial charge < -0.3 is 19.2 Å². The van der Waals surface area contributed by atoms with E-state index in [9.17, 15) is 4.79 Å². The standard InChI is InChI=1S/C16H12N2O4/c17-7-13(5-12-3-4-20-9-12)16(19)18-8-11-1-2-14-15(6-11)22-10-21-14/h1-6,9H,8,10H2,(H,18,19). The summed E-state index contributed by atoms with van der Waals surface area (Å²) < 4.78 is 15.4. The van der Waals surface area contributed by atoms with E-state index in [0.29, 0.717) is 23.6 Å². The minimum absolute atomic E-state index is 0.0159. The Morgan fingerprint density at radius 1 is 1.32 bits per heavy atom.